The Hall–Kier alpha value is -1.60. The number of methoxy groups -OCH3 is 1. The molecular formula is C16H22N2O4S. The summed E-state index contributed by atoms with van der Waals surface area (Å²) >= 11 is 0. The summed E-state index contributed by atoms with van der Waals surface area (Å²) < 4.78 is 32.2. The van der Waals surface area contributed by atoms with E-state index in [1.54, 1.807) is 37.1 Å². The van der Waals surface area contributed by atoms with Gasteiger partial charge in [0.25, 0.3) is 0 Å². The van der Waals surface area contributed by atoms with Gasteiger partial charge in [0.2, 0.25) is 15.9 Å². The molecule has 2 aliphatic rings. The van der Waals surface area contributed by atoms with Gasteiger partial charge < -0.3 is 9.64 Å². The van der Waals surface area contributed by atoms with Gasteiger partial charge in [-0.3, -0.25) is 4.79 Å². The van der Waals surface area contributed by atoms with Gasteiger partial charge in [-0.2, -0.15) is 4.31 Å². The molecule has 3 rings (SSSR count). The van der Waals surface area contributed by atoms with Gasteiger partial charge in [-0.05, 0) is 43.5 Å². The summed E-state index contributed by atoms with van der Waals surface area (Å²) in [6.45, 7) is 3.42. The van der Waals surface area contributed by atoms with E-state index >= 15 is 0 Å². The molecule has 0 unspecified atom stereocenters. The lowest BCUT2D eigenvalue weighted by Gasteiger charge is -2.34. The Bertz CT molecular complexity index is 705. The van der Waals surface area contributed by atoms with Crippen LogP contribution in [0.4, 0.5) is 0 Å². The fraction of sp³-hybridized carbons (Fsp3) is 0.562. The van der Waals surface area contributed by atoms with Gasteiger partial charge >= 0.3 is 0 Å². The summed E-state index contributed by atoms with van der Waals surface area (Å²) in [5, 5.41) is 0. The largest absolute Gasteiger partial charge is 0.497 e. The van der Waals surface area contributed by atoms with E-state index < -0.39 is 10.0 Å². The first-order chi connectivity index (χ1) is 10.9. The molecule has 1 saturated heterocycles. The smallest absolute Gasteiger partial charge is 0.243 e. The Morgan fingerprint density at radius 2 is 1.83 bits per heavy atom. The van der Waals surface area contributed by atoms with Gasteiger partial charge in [0.05, 0.1) is 12.0 Å². The number of nitrogens with zero attached hydrogens (tertiary/aromatic N) is 2. The molecule has 0 bridgehead atoms. The van der Waals surface area contributed by atoms with Crippen LogP contribution in [0.3, 0.4) is 0 Å². The first-order valence-electron chi connectivity index (χ1n) is 7.87. The van der Waals surface area contributed by atoms with E-state index in [0.29, 0.717) is 42.4 Å². The second-order valence-corrected chi connectivity index (χ2v) is 8.04. The van der Waals surface area contributed by atoms with Crippen LogP contribution in [0.5, 0.6) is 5.75 Å². The van der Waals surface area contributed by atoms with Crippen molar-refractivity contribution >= 4 is 15.9 Å². The number of amides is 1. The number of aryl methyl sites for hydroxylation is 1. The Morgan fingerprint density at radius 3 is 2.35 bits per heavy atom. The molecule has 126 valence electrons. The molecule has 0 atom stereocenters. The van der Waals surface area contributed by atoms with Gasteiger partial charge in [0.1, 0.15) is 5.75 Å². The van der Waals surface area contributed by atoms with E-state index in [0.717, 1.165) is 12.8 Å². The van der Waals surface area contributed by atoms with Crippen LogP contribution < -0.4 is 4.74 Å². The van der Waals surface area contributed by atoms with Crippen LogP contribution in [0.2, 0.25) is 0 Å². The maximum absolute atomic E-state index is 12.8. The van der Waals surface area contributed by atoms with Crippen molar-refractivity contribution in [3.8, 4) is 5.75 Å². The highest BCUT2D eigenvalue weighted by molar-refractivity contribution is 7.89. The molecule has 1 aromatic carbocycles. The van der Waals surface area contributed by atoms with Crippen molar-refractivity contribution in [2.75, 3.05) is 33.3 Å². The molecule has 1 aromatic rings. The maximum atomic E-state index is 12.8. The fourth-order valence-corrected chi connectivity index (χ4v) is 4.54. The summed E-state index contributed by atoms with van der Waals surface area (Å²) in [5.74, 6) is 1.01. The minimum absolute atomic E-state index is 0.182. The molecule has 6 nitrogen and oxygen atoms in total. The number of piperazine rings is 1. The predicted octanol–water partition coefficient (Wildman–Crippen LogP) is 1.25. The summed E-state index contributed by atoms with van der Waals surface area (Å²) in [6, 6.07) is 4.97. The highest BCUT2D eigenvalue weighted by Gasteiger charge is 2.36. The second-order valence-electron chi connectivity index (χ2n) is 6.14. The molecule has 23 heavy (non-hydrogen) atoms. The topological polar surface area (TPSA) is 66.9 Å². The van der Waals surface area contributed by atoms with E-state index in [1.165, 1.54) is 4.31 Å². The van der Waals surface area contributed by atoms with Crippen molar-refractivity contribution in [3.63, 3.8) is 0 Å². The van der Waals surface area contributed by atoms with Crippen LogP contribution in [-0.4, -0.2) is 56.8 Å². The van der Waals surface area contributed by atoms with Crippen molar-refractivity contribution < 1.29 is 17.9 Å². The van der Waals surface area contributed by atoms with Crippen LogP contribution in [0.1, 0.15) is 18.4 Å². The van der Waals surface area contributed by atoms with Crippen LogP contribution in [-0.2, 0) is 14.8 Å². The number of carbonyl (C=O) groups excluding carboxylic acids is 1. The van der Waals surface area contributed by atoms with Crippen LogP contribution >= 0.6 is 0 Å². The molecule has 0 spiro atoms. The van der Waals surface area contributed by atoms with Gasteiger partial charge in [-0.15, -0.1) is 0 Å². The molecule has 0 radical (unpaired) electrons. The zero-order valence-electron chi connectivity index (χ0n) is 13.5. The van der Waals surface area contributed by atoms with Crippen molar-refractivity contribution in [2.45, 2.75) is 24.7 Å². The fourth-order valence-electron chi connectivity index (χ4n) is 2.91. The van der Waals surface area contributed by atoms with E-state index in [4.69, 9.17) is 4.74 Å². The number of ether oxygens (including phenoxy) is 1. The number of hydrogen-bond donors (Lipinski definition) is 0. The number of rotatable bonds is 4. The number of hydrogen-bond acceptors (Lipinski definition) is 4. The molecule has 1 aliphatic heterocycles. The highest BCUT2D eigenvalue weighted by Crippen LogP contribution is 2.32. The molecule has 1 heterocycles. The van der Waals surface area contributed by atoms with Crippen LogP contribution in [0.25, 0.3) is 0 Å². The monoisotopic (exact) mass is 338 g/mol. The first-order valence-corrected chi connectivity index (χ1v) is 9.31. The van der Waals surface area contributed by atoms with Gasteiger partial charge in [-0.1, -0.05) is 0 Å². The van der Waals surface area contributed by atoms with Crippen molar-refractivity contribution in [2.24, 2.45) is 5.92 Å². The molecule has 0 aromatic heterocycles. The third kappa shape index (κ3) is 3.21. The summed E-state index contributed by atoms with van der Waals surface area (Å²) in [4.78, 5) is 14.2. The van der Waals surface area contributed by atoms with Crippen molar-refractivity contribution in [1.82, 2.24) is 9.21 Å². The molecule has 7 heteroatoms. The number of benzene rings is 1. The highest BCUT2D eigenvalue weighted by atomic mass is 32.2. The summed E-state index contributed by atoms with van der Waals surface area (Å²) in [7, 11) is -1.98. The molecule has 2 fully saturated rings. The quantitative estimate of drug-likeness (QED) is 0.829. The molecule has 1 saturated carbocycles. The summed E-state index contributed by atoms with van der Waals surface area (Å²) in [6.07, 6.45) is 1.95. The average Bonchev–Trinajstić information content (AvgIpc) is 3.38. The van der Waals surface area contributed by atoms with Crippen LogP contribution in [0.15, 0.2) is 23.1 Å². The standard InChI is InChI=1S/C16H22N2O4S/c1-12-11-14(22-2)5-6-15(12)23(20,21)18-9-7-17(8-10-18)16(19)13-3-4-13/h5-6,11,13H,3-4,7-10H2,1-2H3. The summed E-state index contributed by atoms with van der Waals surface area (Å²) in [5.41, 5.74) is 0.667. The predicted molar refractivity (Wildman–Crippen MR) is 85.8 cm³/mol. The lowest BCUT2D eigenvalue weighted by Crippen LogP contribution is -2.51. The first kappa shape index (κ1) is 16.3. The number of sulfonamides is 1. The normalized spacial score (nSPS) is 19.7. The maximum Gasteiger partial charge on any atom is 0.243 e. The van der Waals surface area contributed by atoms with Crippen LogP contribution in [0, 0.1) is 12.8 Å². The SMILES string of the molecule is COc1ccc(S(=O)(=O)N2CCN(C(=O)C3CC3)CC2)c(C)c1. The third-order valence-electron chi connectivity index (χ3n) is 4.48. The Balaban J connectivity index is 1.72. The van der Waals surface area contributed by atoms with E-state index in [-0.39, 0.29) is 11.8 Å². The molecule has 1 amide bonds. The lowest BCUT2D eigenvalue weighted by molar-refractivity contribution is -0.133. The third-order valence-corrected chi connectivity index (χ3v) is 6.54. The Kier molecular flexibility index (Phi) is 4.33. The second kappa shape index (κ2) is 6.13. The minimum Gasteiger partial charge on any atom is -0.497 e. The lowest BCUT2D eigenvalue weighted by atomic mass is 10.2. The van der Waals surface area contributed by atoms with Crippen molar-refractivity contribution in [1.29, 1.82) is 0 Å². The molecule has 1 aliphatic carbocycles. The number of carbonyl (C=O) groups is 1. The average molecular weight is 338 g/mol. The van der Waals surface area contributed by atoms with Crippen molar-refractivity contribution in [3.05, 3.63) is 23.8 Å². The van der Waals surface area contributed by atoms with Gasteiger partial charge in [0.15, 0.2) is 0 Å². The zero-order valence-corrected chi connectivity index (χ0v) is 14.3. The Labute approximate surface area is 137 Å². The molecule has 0 N–H and O–H groups in total. The Morgan fingerprint density at radius 1 is 1.17 bits per heavy atom. The van der Waals surface area contributed by atoms with E-state index in [1.807, 2.05) is 0 Å². The van der Waals surface area contributed by atoms with Gasteiger partial charge in [-0.25, -0.2) is 8.42 Å². The van der Waals surface area contributed by atoms with E-state index in [9.17, 15) is 13.2 Å². The molecular weight excluding hydrogens is 316 g/mol. The van der Waals surface area contributed by atoms with E-state index in [2.05, 4.69) is 0 Å². The zero-order chi connectivity index (χ0) is 16.6. The minimum atomic E-state index is -3.53. The van der Waals surface area contributed by atoms with Gasteiger partial charge in [0, 0.05) is 32.1 Å².